The number of hydrogen-bond acceptors (Lipinski definition) is 6. The molecule has 1 heterocycles. The highest BCUT2D eigenvalue weighted by Gasteiger charge is 2.43. The van der Waals surface area contributed by atoms with E-state index >= 15 is 0 Å². The van der Waals surface area contributed by atoms with Crippen LogP contribution in [-0.4, -0.2) is 41.2 Å². The first-order valence-electron chi connectivity index (χ1n) is 14.4. The Morgan fingerprint density at radius 1 is 0.952 bits per heavy atom. The van der Waals surface area contributed by atoms with Crippen molar-refractivity contribution in [2.24, 2.45) is 0 Å². The standard InChI is InChI=1S/C34H32ClNO6/c1-41-29-18-22(17-24(35)34(29)42-19-21-9-4-8-20-7-2-3-10-23(20)21)31-32-25(11-5-13-27(32)37)36(16-15-30(39)40)26-12-6-14-28(38)33(26)31/h2-4,7-10,17-18,31H,5-6,11-16,19H2,1H3,(H,39,40). The number of hydrogen-bond donors (Lipinski definition) is 1. The van der Waals surface area contributed by atoms with Gasteiger partial charge in [0, 0.05) is 47.8 Å². The second-order valence-corrected chi connectivity index (χ2v) is 11.4. The Morgan fingerprint density at radius 3 is 2.29 bits per heavy atom. The van der Waals surface area contributed by atoms with Gasteiger partial charge in [-0.05, 0) is 59.7 Å². The minimum Gasteiger partial charge on any atom is -0.493 e. The molecule has 8 heteroatoms. The van der Waals surface area contributed by atoms with Gasteiger partial charge >= 0.3 is 5.97 Å². The van der Waals surface area contributed by atoms with Crippen LogP contribution in [0.15, 0.2) is 77.1 Å². The third-order valence-corrected chi connectivity index (χ3v) is 8.75. The van der Waals surface area contributed by atoms with E-state index in [1.165, 1.54) is 0 Å². The number of carboxylic acid groups (broad SMARTS) is 1. The third-order valence-electron chi connectivity index (χ3n) is 8.47. The molecule has 0 aromatic heterocycles. The number of carbonyl (C=O) groups is 3. The number of benzene rings is 3. The molecule has 6 rings (SSSR count). The molecule has 3 aliphatic rings. The van der Waals surface area contributed by atoms with Crippen molar-refractivity contribution in [2.45, 2.75) is 57.5 Å². The van der Waals surface area contributed by atoms with E-state index in [1.807, 2.05) is 35.2 Å². The summed E-state index contributed by atoms with van der Waals surface area (Å²) in [4.78, 5) is 40.5. The van der Waals surface area contributed by atoms with Crippen molar-refractivity contribution >= 4 is 39.9 Å². The molecule has 216 valence electrons. The number of carboxylic acids is 1. The third kappa shape index (κ3) is 5.07. The molecule has 3 aromatic rings. The summed E-state index contributed by atoms with van der Waals surface area (Å²) in [6.45, 7) is 0.506. The Hall–Kier alpha value is -4.10. The Bertz CT molecular complexity index is 1620. The fourth-order valence-electron chi connectivity index (χ4n) is 6.64. The molecule has 7 nitrogen and oxygen atoms in total. The van der Waals surface area contributed by atoms with E-state index in [-0.39, 0.29) is 31.1 Å². The molecule has 0 fully saturated rings. The van der Waals surface area contributed by atoms with Crippen LogP contribution in [0.5, 0.6) is 11.5 Å². The van der Waals surface area contributed by atoms with Crippen LogP contribution < -0.4 is 9.47 Å². The summed E-state index contributed by atoms with van der Waals surface area (Å²) >= 11 is 6.87. The average molecular weight is 586 g/mol. The number of aliphatic carboxylic acids is 1. The lowest BCUT2D eigenvalue weighted by molar-refractivity contribution is -0.137. The number of Topliss-reactive ketones (excluding diaryl/α,β-unsaturated/α-hetero) is 2. The van der Waals surface area contributed by atoms with Crippen LogP contribution in [0.25, 0.3) is 10.8 Å². The Balaban J connectivity index is 1.42. The van der Waals surface area contributed by atoms with E-state index in [4.69, 9.17) is 21.1 Å². The van der Waals surface area contributed by atoms with Crippen molar-refractivity contribution in [2.75, 3.05) is 13.7 Å². The van der Waals surface area contributed by atoms with Gasteiger partial charge in [0.25, 0.3) is 0 Å². The van der Waals surface area contributed by atoms with Crippen LogP contribution in [0.2, 0.25) is 5.02 Å². The topological polar surface area (TPSA) is 93.1 Å². The smallest absolute Gasteiger partial charge is 0.305 e. The molecule has 0 saturated carbocycles. The van der Waals surface area contributed by atoms with E-state index in [9.17, 15) is 19.5 Å². The number of fused-ring (bicyclic) bond motifs is 1. The number of carbonyl (C=O) groups excluding carboxylic acids is 2. The van der Waals surface area contributed by atoms with Gasteiger partial charge in [-0.3, -0.25) is 14.4 Å². The summed E-state index contributed by atoms with van der Waals surface area (Å²) in [6, 6.07) is 17.8. The summed E-state index contributed by atoms with van der Waals surface area (Å²) in [5.74, 6) is -0.725. The molecule has 42 heavy (non-hydrogen) atoms. The van der Waals surface area contributed by atoms with Crippen LogP contribution >= 0.6 is 11.6 Å². The van der Waals surface area contributed by atoms with Gasteiger partial charge in [-0.1, -0.05) is 54.1 Å². The van der Waals surface area contributed by atoms with Gasteiger partial charge in [-0.2, -0.15) is 0 Å². The molecular formula is C34H32ClNO6. The molecule has 1 N–H and O–H groups in total. The summed E-state index contributed by atoms with van der Waals surface area (Å²) < 4.78 is 12.0. The largest absolute Gasteiger partial charge is 0.493 e. The van der Waals surface area contributed by atoms with Crippen molar-refractivity contribution in [3.63, 3.8) is 0 Å². The predicted octanol–water partition coefficient (Wildman–Crippen LogP) is 6.97. The van der Waals surface area contributed by atoms with Crippen molar-refractivity contribution in [3.8, 4) is 11.5 Å². The van der Waals surface area contributed by atoms with Crippen LogP contribution in [-0.2, 0) is 21.0 Å². The summed E-state index contributed by atoms with van der Waals surface area (Å²) in [5, 5.41) is 12.0. The van der Waals surface area contributed by atoms with Gasteiger partial charge in [0.2, 0.25) is 0 Å². The van der Waals surface area contributed by atoms with Gasteiger partial charge in [0.05, 0.1) is 18.6 Å². The van der Waals surface area contributed by atoms with Gasteiger partial charge < -0.3 is 19.5 Å². The van der Waals surface area contributed by atoms with Gasteiger partial charge in [-0.15, -0.1) is 0 Å². The monoisotopic (exact) mass is 585 g/mol. The zero-order valence-electron chi connectivity index (χ0n) is 23.5. The number of ether oxygens (including phenoxy) is 2. The predicted molar refractivity (Wildman–Crippen MR) is 160 cm³/mol. The number of allylic oxidation sites excluding steroid dienone is 4. The van der Waals surface area contributed by atoms with Crippen molar-refractivity contribution in [3.05, 3.63) is 93.3 Å². The maximum Gasteiger partial charge on any atom is 0.305 e. The number of nitrogens with zero attached hydrogens (tertiary/aromatic N) is 1. The summed E-state index contributed by atoms with van der Waals surface area (Å²) in [6.07, 6.45) is 3.37. The Labute approximate surface area is 249 Å². The second kappa shape index (κ2) is 11.6. The second-order valence-electron chi connectivity index (χ2n) is 11.0. The molecule has 0 spiro atoms. The first-order chi connectivity index (χ1) is 20.4. The maximum absolute atomic E-state index is 13.5. The minimum absolute atomic E-state index is 0.0159. The molecule has 2 aliphatic carbocycles. The fourth-order valence-corrected chi connectivity index (χ4v) is 6.92. The molecule has 0 bridgehead atoms. The number of methoxy groups -OCH3 is 1. The first kappa shape index (κ1) is 28.0. The highest BCUT2D eigenvalue weighted by atomic mass is 35.5. The zero-order valence-corrected chi connectivity index (χ0v) is 24.2. The van der Waals surface area contributed by atoms with Crippen molar-refractivity contribution in [1.29, 1.82) is 0 Å². The van der Waals surface area contributed by atoms with Gasteiger partial charge in [0.1, 0.15) is 6.61 Å². The number of halogens is 1. The normalized spacial score (nSPS) is 17.4. The van der Waals surface area contributed by atoms with Crippen LogP contribution in [0.3, 0.4) is 0 Å². The van der Waals surface area contributed by atoms with Gasteiger partial charge in [0.15, 0.2) is 23.1 Å². The molecule has 0 saturated heterocycles. The molecule has 0 amide bonds. The number of ketones is 2. The summed E-state index contributed by atoms with van der Waals surface area (Å²) in [7, 11) is 1.54. The molecule has 0 radical (unpaired) electrons. The molecule has 3 aromatic carbocycles. The van der Waals surface area contributed by atoms with E-state index in [0.29, 0.717) is 71.8 Å². The van der Waals surface area contributed by atoms with Crippen LogP contribution in [0, 0.1) is 0 Å². The molecular weight excluding hydrogens is 554 g/mol. The highest BCUT2D eigenvalue weighted by molar-refractivity contribution is 6.32. The van der Waals surface area contributed by atoms with E-state index in [1.54, 1.807) is 13.2 Å². The lowest BCUT2D eigenvalue weighted by Gasteiger charge is -2.44. The Morgan fingerprint density at radius 2 is 1.62 bits per heavy atom. The lowest BCUT2D eigenvalue weighted by atomic mass is 9.71. The minimum atomic E-state index is -0.915. The SMILES string of the molecule is COc1cc(C2C3=C(CCCC3=O)N(CCC(=O)O)C3=C2C(=O)CCC3)cc(Cl)c1OCc1cccc2ccccc12. The summed E-state index contributed by atoms with van der Waals surface area (Å²) in [5.41, 5.74) is 4.51. The fraction of sp³-hybridized carbons (Fsp3) is 0.324. The van der Waals surface area contributed by atoms with E-state index < -0.39 is 11.9 Å². The highest BCUT2D eigenvalue weighted by Crippen LogP contribution is 2.51. The van der Waals surface area contributed by atoms with Crippen LogP contribution in [0.1, 0.15) is 62.0 Å². The van der Waals surface area contributed by atoms with Crippen LogP contribution in [0.4, 0.5) is 0 Å². The maximum atomic E-state index is 13.5. The van der Waals surface area contributed by atoms with E-state index in [2.05, 4.69) is 18.2 Å². The van der Waals surface area contributed by atoms with Crippen molar-refractivity contribution in [1.82, 2.24) is 4.90 Å². The zero-order chi connectivity index (χ0) is 29.4. The average Bonchev–Trinajstić information content (AvgIpc) is 2.98. The molecule has 0 unspecified atom stereocenters. The van der Waals surface area contributed by atoms with E-state index in [0.717, 1.165) is 27.7 Å². The quantitative estimate of drug-likeness (QED) is 0.305. The first-order valence-corrected chi connectivity index (χ1v) is 14.7. The Kier molecular flexibility index (Phi) is 7.78. The number of rotatable bonds is 8. The lowest BCUT2D eigenvalue weighted by Crippen LogP contribution is -2.39. The van der Waals surface area contributed by atoms with Gasteiger partial charge in [-0.25, -0.2) is 0 Å². The molecule has 0 atom stereocenters. The molecule has 1 aliphatic heterocycles. The van der Waals surface area contributed by atoms with Crippen molar-refractivity contribution < 1.29 is 29.0 Å².